The molecule has 60 valence electrons. The summed E-state index contributed by atoms with van der Waals surface area (Å²) in [4.78, 5) is 4.08. The van der Waals surface area contributed by atoms with Gasteiger partial charge in [0.05, 0.1) is 6.10 Å². The zero-order valence-electron chi connectivity index (χ0n) is 6.44. The van der Waals surface area contributed by atoms with Crippen LogP contribution in [0.15, 0.2) is 6.33 Å². The molecule has 4 heteroatoms. The van der Waals surface area contributed by atoms with E-state index >= 15 is 0 Å². The maximum absolute atomic E-state index is 9.32. The van der Waals surface area contributed by atoms with Gasteiger partial charge in [-0.3, -0.25) is 4.68 Å². The van der Waals surface area contributed by atoms with Gasteiger partial charge in [-0.1, -0.05) is 0 Å². The van der Waals surface area contributed by atoms with Crippen molar-refractivity contribution in [1.29, 1.82) is 0 Å². The Hall–Kier alpha value is -0.900. The molecule has 0 amide bonds. The molecule has 1 aliphatic rings. The smallest absolute Gasteiger partial charge is 0.138 e. The highest BCUT2D eigenvalue weighted by Crippen LogP contribution is 2.34. The van der Waals surface area contributed by atoms with E-state index in [9.17, 15) is 5.11 Å². The third kappa shape index (κ3) is 0.939. The molecule has 0 saturated heterocycles. The van der Waals surface area contributed by atoms with Gasteiger partial charge in [0, 0.05) is 13.0 Å². The van der Waals surface area contributed by atoms with E-state index in [2.05, 4.69) is 10.1 Å². The summed E-state index contributed by atoms with van der Waals surface area (Å²) in [6, 6.07) is 0. The SMILES string of the molecule is Cn1ncnc1C1CCC1O. The van der Waals surface area contributed by atoms with Gasteiger partial charge in [-0.2, -0.15) is 5.10 Å². The van der Waals surface area contributed by atoms with E-state index in [0.29, 0.717) is 0 Å². The molecule has 1 heterocycles. The number of hydrogen-bond donors (Lipinski definition) is 1. The third-order valence-corrected chi connectivity index (χ3v) is 2.32. The summed E-state index contributed by atoms with van der Waals surface area (Å²) in [6.45, 7) is 0. The van der Waals surface area contributed by atoms with Gasteiger partial charge >= 0.3 is 0 Å². The van der Waals surface area contributed by atoms with E-state index in [1.165, 1.54) is 6.33 Å². The van der Waals surface area contributed by atoms with Gasteiger partial charge < -0.3 is 5.11 Å². The largest absolute Gasteiger partial charge is 0.392 e. The minimum absolute atomic E-state index is 0.196. The van der Waals surface area contributed by atoms with Crippen molar-refractivity contribution >= 4 is 0 Å². The van der Waals surface area contributed by atoms with Crippen LogP contribution >= 0.6 is 0 Å². The van der Waals surface area contributed by atoms with Crippen molar-refractivity contribution in [1.82, 2.24) is 14.8 Å². The second-order valence-electron chi connectivity index (χ2n) is 2.99. The zero-order valence-corrected chi connectivity index (χ0v) is 6.44. The van der Waals surface area contributed by atoms with Crippen LogP contribution in [0.3, 0.4) is 0 Å². The highest BCUT2D eigenvalue weighted by molar-refractivity contribution is 5.04. The van der Waals surface area contributed by atoms with Crippen molar-refractivity contribution in [2.75, 3.05) is 0 Å². The van der Waals surface area contributed by atoms with E-state index in [-0.39, 0.29) is 12.0 Å². The van der Waals surface area contributed by atoms with Crippen LogP contribution in [0.4, 0.5) is 0 Å². The summed E-state index contributed by atoms with van der Waals surface area (Å²) >= 11 is 0. The number of aromatic nitrogens is 3. The Balaban J connectivity index is 2.22. The van der Waals surface area contributed by atoms with Crippen molar-refractivity contribution in [3.8, 4) is 0 Å². The molecule has 1 aliphatic carbocycles. The van der Waals surface area contributed by atoms with Crippen molar-refractivity contribution in [2.24, 2.45) is 7.05 Å². The second kappa shape index (κ2) is 2.30. The summed E-state index contributed by atoms with van der Waals surface area (Å²) < 4.78 is 1.73. The Morgan fingerprint density at radius 2 is 2.45 bits per heavy atom. The molecule has 1 N–H and O–H groups in total. The van der Waals surface area contributed by atoms with E-state index < -0.39 is 0 Å². The molecule has 1 saturated carbocycles. The predicted molar refractivity (Wildman–Crippen MR) is 39.0 cm³/mol. The summed E-state index contributed by atoms with van der Waals surface area (Å²) in [5.74, 6) is 1.13. The fourth-order valence-corrected chi connectivity index (χ4v) is 1.42. The number of rotatable bonds is 1. The average molecular weight is 153 g/mol. The minimum atomic E-state index is -0.196. The Kier molecular flexibility index (Phi) is 1.42. The van der Waals surface area contributed by atoms with Crippen molar-refractivity contribution in [3.63, 3.8) is 0 Å². The first-order valence-corrected chi connectivity index (χ1v) is 3.81. The van der Waals surface area contributed by atoms with E-state index in [1.54, 1.807) is 4.68 Å². The average Bonchev–Trinajstić information content (AvgIpc) is 2.34. The molecule has 0 spiro atoms. The van der Waals surface area contributed by atoms with E-state index in [1.807, 2.05) is 7.05 Å². The van der Waals surface area contributed by atoms with Gasteiger partial charge in [-0.15, -0.1) is 0 Å². The molecular formula is C7H11N3O. The Morgan fingerprint density at radius 1 is 1.64 bits per heavy atom. The van der Waals surface area contributed by atoms with Crippen LogP contribution in [0.1, 0.15) is 24.6 Å². The first kappa shape index (κ1) is 6.79. The quantitative estimate of drug-likeness (QED) is 0.620. The molecule has 0 radical (unpaired) electrons. The van der Waals surface area contributed by atoms with Gasteiger partial charge in [-0.25, -0.2) is 4.98 Å². The molecule has 2 atom stereocenters. The van der Waals surface area contributed by atoms with E-state index in [0.717, 1.165) is 18.7 Å². The predicted octanol–water partition coefficient (Wildman–Crippen LogP) is 0.0534. The first-order chi connectivity index (χ1) is 5.29. The van der Waals surface area contributed by atoms with Crippen molar-refractivity contribution in [3.05, 3.63) is 12.2 Å². The highest BCUT2D eigenvalue weighted by Gasteiger charge is 2.33. The molecular weight excluding hydrogens is 142 g/mol. The molecule has 2 rings (SSSR count). The third-order valence-electron chi connectivity index (χ3n) is 2.32. The lowest BCUT2D eigenvalue weighted by Crippen LogP contribution is -2.31. The second-order valence-corrected chi connectivity index (χ2v) is 2.99. The van der Waals surface area contributed by atoms with Gasteiger partial charge in [0.25, 0.3) is 0 Å². The van der Waals surface area contributed by atoms with Crippen molar-refractivity contribution in [2.45, 2.75) is 24.9 Å². The lowest BCUT2D eigenvalue weighted by molar-refractivity contribution is 0.0604. The lowest BCUT2D eigenvalue weighted by atomic mass is 9.81. The van der Waals surface area contributed by atoms with Crippen LogP contribution in [0.5, 0.6) is 0 Å². The Morgan fingerprint density at radius 3 is 2.82 bits per heavy atom. The van der Waals surface area contributed by atoms with E-state index in [4.69, 9.17) is 0 Å². The normalized spacial score (nSPS) is 30.0. The summed E-state index contributed by atoms with van der Waals surface area (Å²) in [5, 5.41) is 13.3. The molecule has 11 heavy (non-hydrogen) atoms. The summed E-state index contributed by atoms with van der Waals surface area (Å²) in [6.07, 6.45) is 3.27. The molecule has 1 fully saturated rings. The number of aliphatic hydroxyl groups excluding tert-OH is 1. The van der Waals surface area contributed by atoms with Crippen LogP contribution < -0.4 is 0 Å². The van der Waals surface area contributed by atoms with Crippen LogP contribution in [0, 0.1) is 0 Å². The summed E-state index contributed by atoms with van der Waals surface area (Å²) in [5.41, 5.74) is 0. The van der Waals surface area contributed by atoms with Crippen molar-refractivity contribution < 1.29 is 5.11 Å². The Bertz CT molecular complexity index is 258. The zero-order chi connectivity index (χ0) is 7.84. The van der Waals surface area contributed by atoms with Crippen LogP contribution in [0.25, 0.3) is 0 Å². The topological polar surface area (TPSA) is 50.9 Å². The molecule has 1 aromatic heterocycles. The van der Waals surface area contributed by atoms with Crippen LogP contribution in [-0.2, 0) is 7.05 Å². The van der Waals surface area contributed by atoms with Gasteiger partial charge in [0.1, 0.15) is 12.2 Å². The minimum Gasteiger partial charge on any atom is -0.392 e. The molecule has 2 unspecified atom stereocenters. The lowest BCUT2D eigenvalue weighted by Gasteiger charge is -2.30. The molecule has 0 bridgehead atoms. The molecule has 1 aromatic rings. The highest BCUT2D eigenvalue weighted by atomic mass is 16.3. The van der Waals surface area contributed by atoms with Gasteiger partial charge in [-0.05, 0) is 12.8 Å². The monoisotopic (exact) mass is 153 g/mol. The molecule has 4 nitrogen and oxygen atoms in total. The number of aliphatic hydroxyl groups is 1. The fraction of sp³-hybridized carbons (Fsp3) is 0.714. The fourth-order valence-electron chi connectivity index (χ4n) is 1.42. The standard InChI is InChI=1S/C7H11N3O/c1-10-7(8-4-9-10)5-2-3-6(5)11/h4-6,11H,2-3H2,1H3. The van der Waals surface area contributed by atoms with Gasteiger partial charge in [0.2, 0.25) is 0 Å². The summed E-state index contributed by atoms with van der Waals surface area (Å²) in [7, 11) is 1.85. The molecule has 0 aromatic carbocycles. The Labute approximate surface area is 64.9 Å². The molecule has 0 aliphatic heterocycles. The maximum atomic E-state index is 9.32. The number of aryl methyl sites for hydroxylation is 1. The van der Waals surface area contributed by atoms with Gasteiger partial charge in [0.15, 0.2) is 0 Å². The number of nitrogens with zero attached hydrogens (tertiary/aromatic N) is 3. The van der Waals surface area contributed by atoms with Crippen LogP contribution in [0.2, 0.25) is 0 Å². The maximum Gasteiger partial charge on any atom is 0.138 e. The van der Waals surface area contributed by atoms with Crippen LogP contribution in [-0.4, -0.2) is 26.0 Å². The number of hydrogen-bond acceptors (Lipinski definition) is 3. The first-order valence-electron chi connectivity index (χ1n) is 3.81.